The van der Waals surface area contributed by atoms with E-state index in [1.165, 1.54) is 34.1 Å². The predicted octanol–water partition coefficient (Wildman–Crippen LogP) is 5.42. The fourth-order valence-electron chi connectivity index (χ4n) is 3.43. The van der Waals surface area contributed by atoms with Crippen molar-refractivity contribution in [2.24, 2.45) is 0 Å². The molecule has 0 saturated heterocycles. The van der Waals surface area contributed by atoms with Crippen molar-refractivity contribution in [3.05, 3.63) is 104 Å². The second kappa shape index (κ2) is 7.16. The second-order valence-electron chi connectivity index (χ2n) is 6.64. The third-order valence-corrected chi connectivity index (χ3v) is 6.19. The van der Waals surface area contributed by atoms with Crippen LogP contribution in [0.15, 0.2) is 82.4 Å². The molecule has 2 aromatic heterocycles. The van der Waals surface area contributed by atoms with E-state index in [2.05, 4.69) is 4.98 Å². The lowest BCUT2D eigenvalue weighted by Crippen LogP contribution is -2.26. The summed E-state index contributed by atoms with van der Waals surface area (Å²) in [6, 6.07) is 19.6. The average Bonchev–Trinajstić information content (AvgIpc) is 2.74. The van der Waals surface area contributed by atoms with E-state index >= 15 is 0 Å². The van der Waals surface area contributed by atoms with Gasteiger partial charge in [0.1, 0.15) is 16.0 Å². The van der Waals surface area contributed by atoms with Crippen molar-refractivity contribution in [2.45, 2.75) is 0 Å². The molecule has 0 N–H and O–H groups in total. The molecule has 0 bridgehead atoms. The summed E-state index contributed by atoms with van der Waals surface area (Å²) in [6.07, 6.45) is 0. The first kappa shape index (κ1) is 18.7. The van der Waals surface area contributed by atoms with Gasteiger partial charge in [0.05, 0.1) is 10.7 Å². The zero-order valence-corrected chi connectivity index (χ0v) is 16.9. The van der Waals surface area contributed by atoms with E-state index in [-0.39, 0.29) is 16.9 Å². The maximum Gasteiger partial charge on any atom is 0.271 e. The molecule has 2 heterocycles. The molecule has 3 aromatic carbocycles. The summed E-state index contributed by atoms with van der Waals surface area (Å²) in [6.45, 7) is 0. The lowest BCUT2D eigenvalue weighted by Gasteiger charge is -2.14. The van der Waals surface area contributed by atoms with Gasteiger partial charge in [-0.1, -0.05) is 41.9 Å². The van der Waals surface area contributed by atoms with Gasteiger partial charge < -0.3 is 0 Å². The minimum Gasteiger partial charge on any atom is -0.288 e. The standard InChI is InChI=1S/C23H12ClFN2O2S/c24-17-10-3-1-8-15(17)21-26-22-19(20(28)16-9-2-4-11-18(16)30-22)23(29)27(21)14-7-5-6-13(25)12-14/h1-12H. The molecule has 0 atom stereocenters. The van der Waals surface area contributed by atoms with Gasteiger partial charge in [-0.15, -0.1) is 11.3 Å². The molecule has 0 unspecified atom stereocenters. The Kier molecular flexibility index (Phi) is 4.46. The molecule has 0 aliphatic carbocycles. The quantitative estimate of drug-likeness (QED) is 0.348. The van der Waals surface area contributed by atoms with Crippen LogP contribution in [-0.2, 0) is 0 Å². The lowest BCUT2D eigenvalue weighted by atomic mass is 10.1. The van der Waals surface area contributed by atoms with Crippen molar-refractivity contribution in [2.75, 3.05) is 0 Å². The van der Waals surface area contributed by atoms with Crippen molar-refractivity contribution in [1.82, 2.24) is 9.55 Å². The van der Waals surface area contributed by atoms with Gasteiger partial charge >= 0.3 is 0 Å². The van der Waals surface area contributed by atoms with Crippen LogP contribution in [0.4, 0.5) is 4.39 Å². The Labute approximate surface area is 178 Å². The maximum atomic E-state index is 14.0. The topological polar surface area (TPSA) is 52.0 Å². The van der Waals surface area contributed by atoms with Crippen molar-refractivity contribution < 1.29 is 4.39 Å². The highest BCUT2D eigenvalue weighted by molar-refractivity contribution is 7.24. The van der Waals surface area contributed by atoms with Crippen LogP contribution in [0.5, 0.6) is 0 Å². The third kappa shape index (κ3) is 2.93. The third-order valence-electron chi connectivity index (χ3n) is 4.80. The van der Waals surface area contributed by atoms with Crippen LogP contribution < -0.4 is 11.0 Å². The van der Waals surface area contributed by atoms with Crippen LogP contribution in [-0.4, -0.2) is 9.55 Å². The van der Waals surface area contributed by atoms with Gasteiger partial charge in [0.15, 0.2) is 5.82 Å². The van der Waals surface area contributed by atoms with Crippen molar-refractivity contribution in [3.8, 4) is 17.1 Å². The molecule has 30 heavy (non-hydrogen) atoms. The summed E-state index contributed by atoms with van der Waals surface area (Å²) in [4.78, 5) is 31.7. The minimum absolute atomic E-state index is 0.0289. The molecule has 0 aliphatic heterocycles. The van der Waals surface area contributed by atoms with Gasteiger partial charge in [-0.2, -0.15) is 0 Å². The molecular weight excluding hydrogens is 423 g/mol. The number of nitrogens with zero attached hydrogens (tertiary/aromatic N) is 2. The molecule has 0 radical (unpaired) electrons. The fourth-order valence-corrected chi connectivity index (χ4v) is 4.69. The monoisotopic (exact) mass is 434 g/mol. The molecule has 5 aromatic rings. The van der Waals surface area contributed by atoms with Crippen LogP contribution in [0.3, 0.4) is 0 Å². The maximum absolute atomic E-state index is 14.0. The van der Waals surface area contributed by atoms with E-state index in [4.69, 9.17) is 11.6 Å². The molecular formula is C23H12ClFN2O2S. The Hall–Kier alpha value is -3.35. The van der Waals surface area contributed by atoms with Crippen molar-refractivity contribution in [3.63, 3.8) is 0 Å². The molecule has 0 spiro atoms. The smallest absolute Gasteiger partial charge is 0.271 e. The first-order chi connectivity index (χ1) is 14.5. The summed E-state index contributed by atoms with van der Waals surface area (Å²) in [5.41, 5.74) is -0.183. The summed E-state index contributed by atoms with van der Waals surface area (Å²) in [7, 11) is 0. The Morgan fingerprint density at radius 3 is 2.50 bits per heavy atom. The Bertz CT molecular complexity index is 1580. The number of fused-ring (bicyclic) bond motifs is 2. The summed E-state index contributed by atoms with van der Waals surface area (Å²) in [5.74, 6) is -0.261. The van der Waals surface area contributed by atoms with Gasteiger partial charge in [0, 0.05) is 15.6 Å². The SMILES string of the molecule is O=c1c2ccccc2sc2nc(-c3ccccc3Cl)n(-c3cccc(F)c3)c(=O)c12. The highest BCUT2D eigenvalue weighted by atomic mass is 35.5. The van der Waals surface area contributed by atoms with Crippen LogP contribution in [0, 0.1) is 5.82 Å². The first-order valence-corrected chi connectivity index (χ1v) is 10.2. The highest BCUT2D eigenvalue weighted by Crippen LogP contribution is 2.30. The number of hydrogen-bond donors (Lipinski definition) is 0. The zero-order chi connectivity index (χ0) is 20.8. The van der Waals surface area contributed by atoms with Crippen molar-refractivity contribution in [1.29, 1.82) is 0 Å². The molecule has 0 fully saturated rings. The fraction of sp³-hybridized carbons (Fsp3) is 0. The van der Waals surface area contributed by atoms with Gasteiger partial charge in [0.25, 0.3) is 5.56 Å². The summed E-state index contributed by atoms with van der Waals surface area (Å²) in [5, 5.41) is 0.811. The van der Waals surface area contributed by atoms with E-state index in [0.29, 0.717) is 20.8 Å². The van der Waals surface area contributed by atoms with Crippen molar-refractivity contribution >= 4 is 43.2 Å². The van der Waals surface area contributed by atoms with Gasteiger partial charge in [-0.3, -0.25) is 14.2 Å². The normalized spacial score (nSPS) is 11.3. The highest BCUT2D eigenvalue weighted by Gasteiger charge is 2.20. The van der Waals surface area contributed by atoms with Crippen LogP contribution >= 0.6 is 22.9 Å². The Balaban J connectivity index is 2.00. The molecule has 146 valence electrons. The van der Waals surface area contributed by atoms with E-state index < -0.39 is 16.8 Å². The minimum atomic E-state index is -0.562. The number of rotatable bonds is 2. The molecule has 0 amide bonds. The number of aromatic nitrogens is 2. The Morgan fingerprint density at radius 2 is 1.70 bits per heavy atom. The van der Waals surface area contributed by atoms with E-state index in [0.717, 1.165) is 4.70 Å². The number of halogens is 2. The van der Waals surface area contributed by atoms with Gasteiger partial charge in [0.2, 0.25) is 5.43 Å². The van der Waals surface area contributed by atoms with Gasteiger partial charge in [-0.25, -0.2) is 9.37 Å². The summed E-state index contributed by atoms with van der Waals surface area (Å²) >= 11 is 7.65. The van der Waals surface area contributed by atoms with Crippen LogP contribution in [0.25, 0.3) is 37.4 Å². The predicted molar refractivity (Wildman–Crippen MR) is 119 cm³/mol. The van der Waals surface area contributed by atoms with E-state index in [1.54, 1.807) is 42.5 Å². The van der Waals surface area contributed by atoms with Gasteiger partial charge in [-0.05, 0) is 42.5 Å². The zero-order valence-electron chi connectivity index (χ0n) is 15.3. The lowest BCUT2D eigenvalue weighted by molar-refractivity contribution is 0.626. The largest absolute Gasteiger partial charge is 0.288 e. The molecule has 4 nitrogen and oxygen atoms in total. The molecule has 5 rings (SSSR count). The Morgan fingerprint density at radius 1 is 0.933 bits per heavy atom. The average molecular weight is 435 g/mol. The van der Waals surface area contributed by atoms with E-state index in [9.17, 15) is 14.0 Å². The molecule has 7 heteroatoms. The second-order valence-corrected chi connectivity index (χ2v) is 8.08. The van der Waals surface area contributed by atoms with Crippen LogP contribution in [0.1, 0.15) is 0 Å². The van der Waals surface area contributed by atoms with Crippen LogP contribution in [0.2, 0.25) is 5.02 Å². The number of hydrogen-bond acceptors (Lipinski definition) is 4. The first-order valence-electron chi connectivity index (χ1n) is 9.04. The number of benzene rings is 3. The molecule has 0 saturated carbocycles. The summed E-state index contributed by atoms with van der Waals surface area (Å²) < 4.78 is 16.0. The van der Waals surface area contributed by atoms with E-state index in [1.807, 2.05) is 12.1 Å². The molecule has 0 aliphatic rings.